The van der Waals surface area contributed by atoms with Gasteiger partial charge < -0.3 is 11.1 Å². The number of alkyl halides is 2. The molecule has 1 amide bonds. The van der Waals surface area contributed by atoms with Gasteiger partial charge in [-0.15, -0.1) is 0 Å². The van der Waals surface area contributed by atoms with Crippen LogP contribution in [0.5, 0.6) is 0 Å². The molecule has 23 heavy (non-hydrogen) atoms. The maximum Gasteiger partial charge on any atom is 0.337 e. The third-order valence-electron chi connectivity index (χ3n) is 3.96. The molecule has 1 fully saturated rings. The van der Waals surface area contributed by atoms with E-state index in [1.54, 1.807) is 0 Å². The molecule has 3 N–H and O–H groups in total. The zero-order chi connectivity index (χ0) is 17.0. The first-order valence-corrected chi connectivity index (χ1v) is 9.14. The summed E-state index contributed by atoms with van der Waals surface area (Å²) in [5.41, 5.74) is 6.41. The first-order chi connectivity index (χ1) is 10.8. The van der Waals surface area contributed by atoms with Gasteiger partial charge in [0.15, 0.2) is 0 Å². The summed E-state index contributed by atoms with van der Waals surface area (Å²) in [6, 6.07) is 5.93. The first kappa shape index (κ1) is 17.8. The first-order valence-electron chi connectivity index (χ1n) is 7.43. The molecule has 0 aliphatic heterocycles. The van der Waals surface area contributed by atoms with E-state index in [2.05, 4.69) is 5.32 Å². The summed E-state index contributed by atoms with van der Waals surface area (Å²) < 4.78 is 47.0. The second-order valence-corrected chi connectivity index (χ2v) is 7.82. The Labute approximate surface area is 134 Å². The van der Waals surface area contributed by atoms with Crippen LogP contribution in [0.25, 0.3) is 0 Å². The summed E-state index contributed by atoms with van der Waals surface area (Å²) in [6.07, 6.45) is 3.40. The fourth-order valence-electron chi connectivity index (χ4n) is 2.58. The summed E-state index contributed by atoms with van der Waals surface area (Å²) in [7, 11) is -4.46. The minimum Gasteiger partial charge on any atom is -0.349 e. The number of carbonyl (C=O) groups excluding carboxylic acids is 1. The Kier molecular flexibility index (Phi) is 5.69. The Morgan fingerprint density at radius 1 is 1.17 bits per heavy atom. The van der Waals surface area contributed by atoms with Gasteiger partial charge in [-0.05, 0) is 43.4 Å². The van der Waals surface area contributed by atoms with E-state index in [0.29, 0.717) is 5.56 Å². The zero-order valence-electron chi connectivity index (χ0n) is 12.5. The molecule has 0 bridgehead atoms. The van der Waals surface area contributed by atoms with E-state index in [1.165, 1.54) is 24.3 Å². The molecule has 0 saturated heterocycles. The molecule has 8 heteroatoms. The molecule has 0 spiro atoms. The van der Waals surface area contributed by atoms with Crippen LogP contribution in [0, 0.1) is 0 Å². The summed E-state index contributed by atoms with van der Waals surface area (Å²) in [5.74, 6) is -4.40. The van der Waals surface area contributed by atoms with Crippen molar-refractivity contribution in [2.75, 3.05) is 0 Å². The predicted octanol–water partition coefficient (Wildman–Crippen LogP) is 1.82. The van der Waals surface area contributed by atoms with Crippen LogP contribution < -0.4 is 11.1 Å². The van der Waals surface area contributed by atoms with E-state index >= 15 is 0 Å². The highest BCUT2D eigenvalue weighted by atomic mass is 32.2. The van der Waals surface area contributed by atoms with Crippen LogP contribution in [-0.2, 0) is 15.6 Å². The lowest BCUT2D eigenvalue weighted by Crippen LogP contribution is -2.40. The lowest BCUT2D eigenvalue weighted by Gasteiger charge is -2.26. The Morgan fingerprint density at radius 3 is 2.26 bits per heavy atom. The van der Waals surface area contributed by atoms with Crippen molar-refractivity contribution in [3.63, 3.8) is 0 Å². The monoisotopic (exact) mass is 346 g/mol. The molecule has 2 rings (SSSR count). The average Bonchev–Trinajstić information content (AvgIpc) is 2.49. The Balaban J connectivity index is 1.95. The van der Waals surface area contributed by atoms with Crippen LogP contribution in [0.15, 0.2) is 24.3 Å². The number of sulfone groups is 1. The number of hydrogen-bond acceptors (Lipinski definition) is 4. The molecular weight excluding hydrogens is 326 g/mol. The highest BCUT2D eigenvalue weighted by Crippen LogP contribution is 2.18. The fraction of sp³-hybridized carbons (Fsp3) is 0.533. The SMILES string of the molecule is NC1CCC(NC(=O)c2ccc(CS(=O)(=O)C(F)F)cc2)CC1. The van der Waals surface area contributed by atoms with Gasteiger partial charge in [0.05, 0.1) is 5.75 Å². The van der Waals surface area contributed by atoms with Crippen molar-refractivity contribution < 1.29 is 22.0 Å². The molecular formula is C15H20F2N2O3S. The summed E-state index contributed by atoms with van der Waals surface area (Å²) >= 11 is 0. The van der Waals surface area contributed by atoms with Gasteiger partial charge in [0.2, 0.25) is 9.84 Å². The van der Waals surface area contributed by atoms with Gasteiger partial charge in [-0.2, -0.15) is 8.78 Å². The number of hydrogen-bond donors (Lipinski definition) is 2. The lowest BCUT2D eigenvalue weighted by molar-refractivity contribution is 0.0926. The second-order valence-electron chi connectivity index (χ2n) is 5.85. The van der Waals surface area contributed by atoms with Crippen molar-refractivity contribution >= 4 is 15.7 Å². The molecule has 5 nitrogen and oxygen atoms in total. The average molecular weight is 346 g/mol. The van der Waals surface area contributed by atoms with Gasteiger partial charge in [-0.3, -0.25) is 4.79 Å². The number of amides is 1. The van der Waals surface area contributed by atoms with Gasteiger partial charge in [0, 0.05) is 17.6 Å². The molecule has 0 unspecified atom stereocenters. The van der Waals surface area contributed by atoms with E-state index in [4.69, 9.17) is 5.73 Å². The van der Waals surface area contributed by atoms with Gasteiger partial charge in [0.25, 0.3) is 5.91 Å². The highest BCUT2D eigenvalue weighted by molar-refractivity contribution is 7.90. The molecule has 0 aromatic heterocycles. The van der Waals surface area contributed by atoms with E-state index in [0.717, 1.165) is 25.7 Å². The van der Waals surface area contributed by atoms with E-state index in [-0.39, 0.29) is 23.6 Å². The molecule has 1 aromatic carbocycles. The van der Waals surface area contributed by atoms with Crippen molar-refractivity contribution in [2.45, 2.75) is 49.3 Å². The van der Waals surface area contributed by atoms with Gasteiger partial charge in [-0.1, -0.05) is 12.1 Å². The van der Waals surface area contributed by atoms with E-state index in [1.807, 2.05) is 0 Å². The van der Waals surface area contributed by atoms with Gasteiger partial charge in [-0.25, -0.2) is 8.42 Å². The quantitative estimate of drug-likeness (QED) is 0.851. The molecule has 1 aromatic rings. The van der Waals surface area contributed by atoms with Crippen molar-refractivity contribution in [2.24, 2.45) is 5.73 Å². The summed E-state index contributed by atoms with van der Waals surface area (Å²) in [5, 5.41) is 2.91. The fourth-order valence-corrected chi connectivity index (χ4v) is 3.36. The van der Waals surface area contributed by atoms with E-state index in [9.17, 15) is 22.0 Å². The predicted molar refractivity (Wildman–Crippen MR) is 82.8 cm³/mol. The number of rotatable bonds is 5. The maximum atomic E-state index is 12.3. The van der Waals surface area contributed by atoms with Crippen LogP contribution in [0.2, 0.25) is 0 Å². The Bertz CT molecular complexity index is 639. The molecule has 1 saturated carbocycles. The second kappa shape index (κ2) is 7.35. The minimum absolute atomic E-state index is 0.0844. The van der Waals surface area contributed by atoms with Crippen LogP contribution in [-0.4, -0.2) is 32.2 Å². The molecule has 128 valence electrons. The molecule has 0 radical (unpaired) electrons. The Morgan fingerprint density at radius 2 is 1.74 bits per heavy atom. The maximum absolute atomic E-state index is 12.3. The Hall–Kier alpha value is -1.54. The van der Waals surface area contributed by atoms with Crippen molar-refractivity contribution in [3.8, 4) is 0 Å². The van der Waals surface area contributed by atoms with Gasteiger partial charge in [0.1, 0.15) is 0 Å². The largest absolute Gasteiger partial charge is 0.349 e. The molecule has 1 aliphatic rings. The lowest BCUT2D eigenvalue weighted by atomic mass is 9.91. The molecule has 1 aliphatic carbocycles. The van der Waals surface area contributed by atoms with Crippen LogP contribution in [0.4, 0.5) is 8.78 Å². The zero-order valence-corrected chi connectivity index (χ0v) is 13.4. The highest BCUT2D eigenvalue weighted by Gasteiger charge is 2.24. The standard InChI is InChI=1S/C15H20F2N2O3S/c16-15(17)23(21,22)9-10-1-3-11(4-2-10)14(20)19-13-7-5-12(18)6-8-13/h1-4,12-13,15H,5-9,18H2,(H,19,20). The summed E-state index contributed by atoms with van der Waals surface area (Å²) in [6.45, 7) is 0. The van der Waals surface area contributed by atoms with Crippen LogP contribution in [0.1, 0.15) is 41.6 Å². The van der Waals surface area contributed by atoms with Crippen LogP contribution >= 0.6 is 0 Å². The smallest absolute Gasteiger partial charge is 0.337 e. The van der Waals surface area contributed by atoms with E-state index < -0.39 is 21.3 Å². The molecule has 0 atom stereocenters. The van der Waals surface area contributed by atoms with Crippen molar-refractivity contribution in [1.82, 2.24) is 5.32 Å². The normalized spacial score (nSPS) is 22.1. The van der Waals surface area contributed by atoms with Crippen LogP contribution in [0.3, 0.4) is 0 Å². The third kappa shape index (κ3) is 4.97. The number of nitrogens with two attached hydrogens (primary N) is 1. The van der Waals surface area contributed by atoms with Gasteiger partial charge >= 0.3 is 5.76 Å². The third-order valence-corrected chi connectivity index (χ3v) is 5.24. The number of nitrogens with one attached hydrogen (secondary N) is 1. The number of carbonyl (C=O) groups is 1. The van der Waals surface area contributed by atoms with Crippen molar-refractivity contribution in [1.29, 1.82) is 0 Å². The van der Waals surface area contributed by atoms with Crippen molar-refractivity contribution in [3.05, 3.63) is 35.4 Å². The summed E-state index contributed by atoms with van der Waals surface area (Å²) in [4.78, 5) is 12.1. The number of benzene rings is 1. The minimum atomic E-state index is -4.46. The molecule has 0 heterocycles. The number of halogens is 2. The topological polar surface area (TPSA) is 89.3 Å².